The zero-order valence-corrected chi connectivity index (χ0v) is 19.7. The van der Waals surface area contributed by atoms with Gasteiger partial charge in [-0.1, -0.05) is 24.3 Å². The molecule has 0 aliphatic rings. The number of aliphatic imine (C=N–C) groups is 1. The molecule has 0 aliphatic heterocycles. The van der Waals surface area contributed by atoms with Crippen molar-refractivity contribution in [1.82, 2.24) is 5.32 Å². The normalized spacial score (nSPS) is 11.3. The monoisotopic (exact) mass is 510 g/mol. The van der Waals surface area contributed by atoms with E-state index in [4.69, 9.17) is 4.74 Å². The number of nitrogens with one attached hydrogen (secondary N) is 2. The number of benzene rings is 3. The topological polar surface area (TPSA) is 198 Å². The molecule has 0 spiro atoms. The Labute approximate surface area is 215 Å². The Hall–Kier alpha value is -6.08. The first-order valence-corrected chi connectivity index (χ1v) is 10.6. The molecule has 0 heterocycles. The van der Waals surface area contributed by atoms with Gasteiger partial charge in [-0.05, 0) is 24.3 Å². The van der Waals surface area contributed by atoms with Gasteiger partial charge in [0.1, 0.15) is 12.1 Å². The molecule has 3 N–H and O–H groups in total. The van der Waals surface area contributed by atoms with Gasteiger partial charge in [-0.3, -0.25) is 15.4 Å². The number of phenols is 1. The maximum atomic E-state index is 12.2. The van der Waals surface area contributed by atoms with Gasteiger partial charge in [0.2, 0.25) is 0 Å². The Kier molecular flexibility index (Phi) is 8.78. The van der Waals surface area contributed by atoms with E-state index in [0.717, 1.165) is 6.21 Å². The summed E-state index contributed by atoms with van der Waals surface area (Å²) in [4.78, 5) is 26.6. The molecule has 3 aromatic rings. The van der Waals surface area contributed by atoms with Crippen LogP contribution in [-0.4, -0.2) is 29.4 Å². The van der Waals surface area contributed by atoms with Crippen molar-refractivity contribution in [3.63, 3.8) is 0 Å². The highest BCUT2D eigenvalue weighted by Crippen LogP contribution is 2.35. The number of amides is 2. The number of nitriles is 2. The van der Waals surface area contributed by atoms with E-state index in [1.54, 1.807) is 42.5 Å². The molecule has 0 radical (unpaired) electrons. The Balaban J connectivity index is 1.88. The van der Waals surface area contributed by atoms with E-state index >= 15 is 0 Å². The lowest BCUT2D eigenvalue weighted by molar-refractivity contribution is -0.384. The quantitative estimate of drug-likeness (QED) is 0.121. The molecule has 38 heavy (non-hydrogen) atoms. The predicted molar refractivity (Wildman–Crippen MR) is 136 cm³/mol. The molecule has 13 nitrogen and oxygen atoms in total. The summed E-state index contributed by atoms with van der Waals surface area (Å²) in [6.45, 7) is 0. The van der Waals surface area contributed by atoms with Crippen molar-refractivity contribution in [2.24, 2.45) is 15.2 Å². The number of nitrogens with zero attached hydrogens (tertiary/aromatic N) is 6. The second-order valence-electron chi connectivity index (χ2n) is 7.21. The maximum Gasteiger partial charge on any atom is 0.324 e. The lowest BCUT2D eigenvalue weighted by Gasteiger charge is -2.08. The van der Waals surface area contributed by atoms with E-state index in [0.29, 0.717) is 5.69 Å². The van der Waals surface area contributed by atoms with Crippen LogP contribution < -0.4 is 15.4 Å². The molecule has 0 atom stereocenters. The first kappa shape index (κ1) is 26.5. The Bertz CT molecular complexity index is 1540. The van der Waals surface area contributed by atoms with Crippen molar-refractivity contribution in [1.29, 1.82) is 10.5 Å². The van der Waals surface area contributed by atoms with Gasteiger partial charge in [0.05, 0.1) is 23.4 Å². The third-order valence-electron chi connectivity index (χ3n) is 4.69. The highest BCUT2D eigenvalue weighted by molar-refractivity contribution is 5.91. The summed E-state index contributed by atoms with van der Waals surface area (Å²) >= 11 is 0. The van der Waals surface area contributed by atoms with Crippen molar-refractivity contribution in [2.45, 2.75) is 0 Å². The van der Waals surface area contributed by atoms with Gasteiger partial charge in [-0.25, -0.2) is 9.79 Å². The fourth-order valence-electron chi connectivity index (χ4n) is 2.93. The number of urea groups is 1. The van der Waals surface area contributed by atoms with Crippen molar-refractivity contribution < 1.29 is 19.6 Å². The van der Waals surface area contributed by atoms with Crippen LogP contribution in [0, 0.1) is 32.8 Å². The standard InChI is InChI=1S/C25H18N8O5/c1-38-23-12-19(32-31-18-8-5-9-20(11-18)33(36)37)10-16(24(23)34)15-28-21(13-26)22(14-27)30-25(35)29-17-6-3-2-4-7-17/h2-12,15,34H,1H3,(H2,29,30,35). The summed E-state index contributed by atoms with van der Waals surface area (Å²) in [5.74, 6) is -0.332. The number of carbonyl (C=O) groups is 1. The zero-order chi connectivity index (χ0) is 27.5. The van der Waals surface area contributed by atoms with Gasteiger partial charge in [0, 0.05) is 35.7 Å². The molecule has 13 heteroatoms. The minimum atomic E-state index is -0.760. The van der Waals surface area contributed by atoms with Crippen LogP contribution in [0.4, 0.5) is 27.5 Å². The minimum absolute atomic E-state index is 0.00491. The Morgan fingerprint density at radius 3 is 2.45 bits per heavy atom. The summed E-state index contributed by atoms with van der Waals surface area (Å²) < 4.78 is 5.14. The average Bonchev–Trinajstić information content (AvgIpc) is 2.93. The molecule has 0 aliphatic carbocycles. The molecule has 3 aromatic carbocycles. The molecule has 0 bridgehead atoms. The number of methoxy groups -OCH3 is 1. The number of ether oxygens (including phenoxy) is 1. The lowest BCUT2D eigenvalue weighted by atomic mass is 10.1. The molecule has 0 fully saturated rings. The summed E-state index contributed by atoms with van der Waals surface area (Å²) in [5, 5.41) is 53.1. The lowest BCUT2D eigenvalue weighted by Crippen LogP contribution is -2.28. The first-order valence-electron chi connectivity index (χ1n) is 10.6. The van der Waals surface area contributed by atoms with Gasteiger partial charge in [0.25, 0.3) is 5.69 Å². The third-order valence-corrected chi connectivity index (χ3v) is 4.69. The molecular formula is C25H18N8O5. The van der Waals surface area contributed by atoms with Gasteiger partial charge in [0.15, 0.2) is 22.9 Å². The number of hydrogen-bond donors (Lipinski definition) is 3. The SMILES string of the molecule is COc1cc(N=Nc2cccc([N+](=O)[O-])c2)cc(C=NC(C#N)=C(C#N)NC(=O)Nc2ccccc2)c1O. The summed E-state index contributed by atoms with van der Waals surface area (Å²) in [6.07, 6.45) is 1.08. The van der Waals surface area contributed by atoms with E-state index in [2.05, 4.69) is 25.9 Å². The third kappa shape index (κ3) is 6.97. The fourth-order valence-corrected chi connectivity index (χ4v) is 2.93. The molecule has 0 saturated heterocycles. The molecule has 2 amide bonds. The molecule has 0 aromatic heterocycles. The van der Waals surface area contributed by atoms with Crippen molar-refractivity contribution in [3.05, 3.63) is 93.8 Å². The molecule has 0 saturated carbocycles. The largest absolute Gasteiger partial charge is 0.504 e. The number of hydrogen-bond acceptors (Lipinski definition) is 10. The van der Waals surface area contributed by atoms with Crippen molar-refractivity contribution in [3.8, 4) is 23.6 Å². The van der Waals surface area contributed by atoms with Crippen LogP contribution in [0.2, 0.25) is 0 Å². The van der Waals surface area contributed by atoms with Crippen LogP contribution in [0.5, 0.6) is 11.5 Å². The summed E-state index contributed by atoms with van der Waals surface area (Å²) in [5.41, 5.74) is -0.0882. The van der Waals surface area contributed by atoms with Crippen molar-refractivity contribution in [2.75, 3.05) is 12.4 Å². The fraction of sp³-hybridized carbons (Fsp3) is 0.0400. The van der Waals surface area contributed by atoms with E-state index in [-0.39, 0.29) is 34.1 Å². The molecule has 188 valence electrons. The number of non-ortho nitro benzene ring substituents is 1. The number of nitro benzene ring substituents is 1. The number of phenolic OH excluding ortho intramolecular Hbond substituents is 1. The van der Waals surface area contributed by atoms with Crippen LogP contribution in [0.3, 0.4) is 0 Å². The number of nitro groups is 1. The van der Waals surface area contributed by atoms with Crippen LogP contribution in [0.1, 0.15) is 5.56 Å². The highest BCUT2D eigenvalue weighted by Gasteiger charge is 2.13. The van der Waals surface area contributed by atoms with E-state index in [9.17, 15) is 30.5 Å². The number of carbonyl (C=O) groups excluding carboxylic acids is 1. The summed E-state index contributed by atoms with van der Waals surface area (Å²) in [7, 11) is 1.31. The van der Waals surface area contributed by atoms with Gasteiger partial charge in [-0.2, -0.15) is 20.8 Å². The van der Waals surface area contributed by atoms with E-state index < -0.39 is 22.3 Å². The van der Waals surface area contributed by atoms with Gasteiger partial charge >= 0.3 is 6.03 Å². The minimum Gasteiger partial charge on any atom is -0.504 e. The Morgan fingerprint density at radius 2 is 1.79 bits per heavy atom. The predicted octanol–water partition coefficient (Wildman–Crippen LogP) is 5.22. The zero-order valence-electron chi connectivity index (χ0n) is 19.7. The van der Waals surface area contributed by atoms with Gasteiger partial charge < -0.3 is 15.2 Å². The average molecular weight is 510 g/mol. The number of azo groups is 1. The van der Waals surface area contributed by atoms with E-state index in [1.165, 1.54) is 43.5 Å². The second kappa shape index (κ2) is 12.6. The van der Waals surface area contributed by atoms with Crippen LogP contribution in [0.25, 0.3) is 0 Å². The smallest absolute Gasteiger partial charge is 0.324 e. The Morgan fingerprint density at radius 1 is 1.05 bits per heavy atom. The highest BCUT2D eigenvalue weighted by atomic mass is 16.6. The van der Waals surface area contributed by atoms with Gasteiger partial charge in [-0.15, -0.1) is 0 Å². The molecule has 0 unspecified atom stereocenters. The maximum absolute atomic E-state index is 12.2. The number of allylic oxidation sites excluding steroid dienone is 2. The van der Waals surface area contributed by atoms with E-state index in [1.807, 2.05) is 0 Å². The first-order chi connectivity index (χ1) is 18.3. The number of aromatic hydroxyl groups is 1. The van der Waals surface area contributed by atoms with Crippen LogP contribution in [-0.2, 0) is 0 Å². The molecule has 3 rings (SSSR count). The number of para-hydroxylation sites is 1. The number of rotatable bonds is 8. The molecular weight excluding hydrogens is 492 g/mol. The second-order valence-corrected chi connectivity index (χ2v) is 7.21. The van der Waals surface area contributed by atoms with Crippen LogP contribution >= 0.6 is 0 Å². The van der Waals surface area contributed by atoms with Crippen LogP contribution in [0.15, 0.2) is 93.3 Å². The number of anilines is 1. The summed E-state index contributed by atoms with van der Waals surface area (Å²) in [6, 6.07) is 19.4. The van der Waals surface area contributed by atoms with Crippen molar-refractivity contribution >= 4 is 35.0 Å².